The lowest BCUT2D eigenvalue weighted by atomic mass is 9.75. The van der Waals surface area contributed by atoms with Gasteiger partial charge in [-0.2, -0.15) is 5.06 Å². The first-order chi connectivity index (χ1) is 20.1. The van der Waals surface area contributed by atoms with Crippen molar-refractivity contribution >= 4 is 47.1 Å². The molecule has 1 atom stereocenters. The Morgan fingerprint density at radius 1 is 1.00 bits per heavy atom. The van der Waals surface area contributed by atoms with E-state index in [9.17, 15) is 19.2 Å². The Morgan fingerprint density at radius 2 is 1.69 bits per heavy atom. The Morgan fingerprint density at radius 3 is 2.38 bits per heavy atom. The van der Waals surface area contributed by atoms with Crippen LogP contribution in [0.1, 0.15) is 32.3 Å². The third kappa shape index (κ3) is 6.96. The van der Waals surface area contributed by atoms with E-state index in [2.05, 4.69) is 0 Å². The number of nitrogens with zero attached hydrogens (tertiary/aromatic N) is 1. The molecule has 3 heterocycles. The molecule has 0 saturated heterocycles. The van der Waals surface area contributed by atoms with Crippen molar-refractivity contribution in [2.45, 2.75) is 32.3 Å². The molecule has 1 unspecified atom stereocenters. The van der Waals surface area contributed by atoms with Gasteiger partial charge >= 0.3 is 23.9 Å². The molecule has 14 heteroatoms. The van der Waals surface area contributed by atoms with Crippen molar-refractivity contribution in [2.75, 3.05) is 46.7 Å². The molecule has 1 aromatic rings. The number of hydrogen-bond donors (Lipinski definition) is 1. The fraction of sp³-hybridized carbons (Fsp3) is 0.429. The van der Waals surface area contributed by atoms with Crippen molar-refractivity contribution in [1.29, 1.82) is 0 Å². The molecule has 2 bridgehead atoms. The fourth-order valence-corrected chi connectivity index (χ4v) is 4.90. The van der Waals surface area contributed by atoms with Crippen molar-refractivity contribution in [3.63, 3.8) is 0 Å². The molecule has 1 aromatic carbocycles. The number of ether oxygens (including phenoxy) is 5. The van der Waals surface area contributed by atoms with Gasteiger partial charge in [-0.05, 0) is 39.3 Å². The number of hydroxylamine groups is 2. The van der Waals surface area contributed by atoms with Crippen LogP contribution in [0.15, 0.2) is 52.9 Å². The Bertz CT molecular complexity index is 1310. The van der Waals surface area contributed by atoms with E-state index in [1.165, 1.54) is 25.1 Å². The molecule has 0 spiro atoms. The second kappa shape index (κ2) is 15.2. The van der Waals surface area contributed by atoms with Crippen LogP contribution in [0.5, 0.6) is 0 Å². The van der Waals surface area contributed by atoms with Crippen LogP contribution in [0.2, 0.25) is 10.0 Å². The number of nitrogens with two attached hydrogens (primary N) is 1. The monoisotopic (exact) mass is 626 g/mol. The van der Waals surface area contributed by atoms with E-state index in [0.29, 0.717) is 32.6 Å². The number of allylic oxidation sites excluding steroid dienone is 1. The molecule has 12 nitrogen and oxygen atoms in total. The summed E-state index contributed by atoms with van der Waals surface area (Å²) in [4.78, 5) is 58.7. The van der Waals surface area contributed by atoms with Gasteiger partial charge in [0.25, 0.3) is 0 Å². The minimum absolute atomic E-state index is 0.0404. The molecule has 0 aromatic heterocycles. The third-order valence-corrected chi connectivity index (χ3v) is 7.02. The van der Waals surface area contributed by atoms with Gasteiger partial charge in [-0.15, -0.1) is 0 Å². The number of fused-ring (bicyclic) bond motifs is 4. The number of methoxy groups -OCH3 is 1. The second-order valence-corrected chi connectivity index (χ2v) is 9.68. The summed E-state index contributed by atoms with van der Waals surface area (Å²) >= 11 is 13.0. The largest absolute Gasteiger partial charge is 0.465 e. The molecular formula is C28H32Cl2N2O10. The maximum atomic E-state index is 13.8. The van der Waals surface area contributed by atoms with Gasteiger partial charge in [0, 0.05) is 37.5 Å². The number of rotatable bonds is 13. The number of benzene rings is 1. The maximum absolute atomic E-state index is 13.8. The highest BCUT2D eigenvalue weighted by molar-refractivity contribution is 6.42. The Hall–Kier alpha value is -3.42. The van der Waals surface area contributed by atoms with E-state index in [4.69, 9.17) is 57.5 Å². The van der Waals surface area contributed by atoms with E-state index in [-0.39, 0.29) is 52.4 Å². The normalized spacial score (nSPS) is 19.4. The number of hydrogen-bond acceptors (Lipinski definition) is 12. The van der Waals surface area contributed by atoms with E-state index < -0.39 is 35.1 Å². The summed E-state index contributed by atoms with van der Waals surface area (Å²) in [5.74, 6) is -4.13. The van der Waals surface area contributed by atoms with Crippen LogP contribution >= 0.6 is 23.2 Å². The average molecular weight is 627 g/mol. The summed E-state index contributed by atoms with van der Waals surface area (Å²) in [6, 6.07) is 4.41. The summed E-state index contributed by atoms with van der Waals surface area (Å²) in [7, 11) is 1.10. The van der Waals surface area contributed by atoms with Crippen LogP contribution in [0, 0.1) is 0 Å². The Kier molecular flexibility index (Phi) is 11.9. The van der Waals surface area contributed by atoms with Gasteiger partial charge in [-0.25, -0.2) is 19.2 Å². The minimum atomic E-state index is -2.36. The van der Waals surface area contributed by atoms with Crippen molar-refractivity contribution in [1.82, 2.24) is 5.06 Å². The van der Waals surface area contributed by atoms with Crippen LogP contribution < -0.4 is 5.73 Å². The minimum Gasteiger partial charge on any atom is -0.465 e. The topological polar surface area (TPSA) is 153 Å². The lowest BCUT2D eigenvalue weighted by molar-refractivity contribution is -0.177. The molecule has 3 aliphatic rings. The van der Waals surface area contributed by atoms with Crippen LogP contribution in [0.25, 0.3) is 0 Å². The summed E-state index contributed by atoms with van der Waals surface area (Å²) in [6.45, 7) is 4.10. The van der Waals surface area contributed by atoms with Gasteiger partial charge in [0.1, 0.15) is 11.1 Å². The Balaban J connectivity index is 2.30. The highest BCUT2D eigenvalue weighted by Gasteiger charge is 2.58. The van der Waals surface area contributed by atoms with Crippen molar-refractivity contribution < 1.29 is 47.7 Å². The molecule has 4 rings (SSSR count). The van der Waals surface area contributed by atoms with Crippen LogP contribution in [0.4, 0.5) is 0 Å². The molecule has 0 fully saturated rings. The molecule has 3 aliphatic heterocycles. The SMILES string of the molecule is CCOC(=O)C1=C(COCCCOCCCN)N2OC(=O)/C=C/C(=O)OC1(c1cccc(Cl)c1Cl)C(C(=O)OC)=C2C. The average Bonchev–Trinajstić information content (AvgIpc) is 2.96. The first-order valence-corrected chi connectivity index (χ1v) is 13.8. The lowest BCUT2D eigenvalue weighted by Gasteiger charge is -2.44. The molecular weight excluding hydrogens is 595 g/mol. The molecule has 2 N–H and O–H groups in total. The molecule has 0 saturated carbocycles. The highest BCUT2D eigenvalue weighted by Crippen LogP contribution is 2.52. The standard InChI is InChI=1S/C28H32Cl2N2O10/c1-4-40-27(36)24-20(16-39-15-7-14-38-13-6-12-31)32-17(2)23(26(35)37-3)28(24,18-8-5-9-19(29)25(18)30)41-21(33)10-11-22(34)42-32/h5,8-11H,4,6-7,12-16,31H2,1-3H3/b11-10+. The lowest BCUT2D eigenvalue weighted by Crippen LogP contribution is -2.50. The highest BCUT2D eigenvalue weighted by atomic mass is 35.5. The van der Waals surface area contributed by atoms with Gasteiger partial charge < -0.3 is 34.3 Å². The zero-order valence-corrected chi connectivity index (χ0v) is 24.9. The zero-order chi connectivity index (χ0) is 30.9. The summed E-state index contributed by atoms with van der Waals surface area (Å²) in [5, 5.41) is 0.877. The van der Waals surface area contributed by atoms with E-state index in [1.807, 2.05) is 0 Å². The number of carbonyl (C=O) groups excluding carboxylic acids is 4. The van der Waals surface area contributed by atoms with Gasteiger partial charge in [-0.1, -0.05) is 35.3 Å². The molecule has 0 radical (unpaired) electrons. The summed E-state index contributed by atoms with van der Waals surface area (Å²) in [5.41, 5.74) is 2.14. The van der Waals surface area contributed by atoms with Gasteiger partial charge in [0.15, 0.2) is 0 Å². The second-order valence-electron chi connectivity index (χ2n) is 8.90. The molecule has 42 heavy (non-hydrogen) atoms. The fourth-order valence-electron chi connectivity index (χ4n) is 4.46. The predicted molar refractivity (Wildman–Crippen MR) is 150 cm³/mol. The maximum Gasteiger partial charge on any atom is 0.356 e. The van der Waals surface area contributed by atoms with E-state index in [1.54, 1.807) is 6.92 Å². The van der Waals surface area contributed by atoms with Crippen molar-refractivity contribution in [3.8, 4) is 0 Å². The number of carbonyl (C=O) groups is 4. The predicted octanol–water partition coefficient (Wildman–Crippen LogP) is 3.11. The third-order valence-electron chi connectivity index (χ3n) is 6.20. The Labute approximate surface area is 252 Å². The van der Waals surface area contributed by atoms with E-state index >= 15 is 0 Å². The smallest absolute Gasteiger partial charge is 0.356 e. The molecule has 0 aliphatic carbocycles. The summed E-state index contributed by atoms with van der Waals surface area (Å²) < 4.78 is 27.8. The quantitative estimate of drug-likeness (QED) is 0.194. The van der Waals surface area contributed by atoms with Gasteiger partial charge in [0.2, 0.25) is 5.60 Å². The van der Waals surface area contributed by atoms with Crippen LogP contribution in [0.3, 0.4) is 0 Å². The molecule has 0 amide bonds. The van der Waals surface area contributed by atoms with Crippen molar-refractivity contribution in [3.05, 3.63) is 68.5 Å². The van der Waals surface area contributed by atoms with Crippen LogP contribution in [-0.2, 0) is 53.3 Å². The van der Waals surface area contributed by atoms with Gasteiger partial charge in [-0.3, -0.25) is 0 Å². The molecule has 228 valence electrons. The van der Waals surface area contributed by atoms with Crippen molar-refractivity contribution in [2.24, 2.45) is 5.73 Å². The first kappa shape index (κ1) is 33.1. The number of halogens is 2. The van der Waals surface area contributed by atoms with Crippen LogP contribution in [-0.4, -0.2) is 75.6 Å². The zero-order valence-electron chi connectivity index (χ0n) is 23.4. The van der Waals surface area contributed by atoms with E-state index in [0.717, 1.165) is 24.3 Å². The first-order valence-electron chi connectivity index (χ1n) is 13.1. The van der Waals surface area contributed by atoms with Gasteiger partial charge in [0.05, 0.1) is 41.8 Å². The summed E-state index contributed by atoms with van der Waals surface area (Å²) in [6.07, 6.45) is 2.82. The number of esters is 3.